The predicted octanol–water partition coefficient (Wildman–Crippen LogP) is 0.568. The number of piperidine rings is 1. The molecule has 4 unspecified atom stereocenters. The minimum absolute atomic E-state index is 0.376. The van der Waals surface area contributed by atoms with E-state index in [2.05, 4.69) is 20.4 Å². The summed E-state index contributed by atoms with van der Waals surface area (Å²) in [4.78, 5) is 2.62. The molecule has 4 atom stereocenters. The summed E-state index contributed by atoms with van der Waals surface area (Å²) < 4.78 is 5.39. The highest BCUT2D eigenvalue weighted by Gasteiger charge is 2.59. The quantitative estimate of drug-likeness (QED) is 0.750. The van der Waals surface area contributed by atoms with Crippen molar-refractivity contribution in [3.8, 4) is 0 Å². The Balaban J connectivity index is 1.70. The van der Waals surface area contributed by atoms with Gasteiger partial charge in [-0.15, -0.1) is 10.2 Å². The maximum Gasteiger partial charge on any atom is 0.233 e. The number of hydrogen-bond donors (Lipinski definition) is 1. The van der Waals surface area contributed by atoms with Crippen LogP contribution in [-0.4, -0.2) is 40.3 Å². The number of nitrogens with zero attached hydrogens (tertiary/aromatic N) is 3. The Bertz CT molecular complexity index is 385. The second-order valence-corrected chi connectivity index (χ2v) is 5.24. The third-order valence-corrected chi connectivity index (χ3v) is 4.76. The van der Waals surface area contributed by atoms with Crippen molar-refractivity contribution in [2.24, 2.45) is 5.92 Å². The molecule has 1 aromatic rings. The molecule has 1 aromatic heterocycles. The molecule has 3 fully saturated rings. The van der Waals surface area contributed by atoms with Crippen LogP contribution in [0.25, 0.3) is 0 Å². The van der Waals surface area contributed by atoms with Crippen molar-refractivity contribution in [1.29, 1.82) is 0 Å². The highest BCUT2D eigenvalue weighted by Crippen LogP contribution is 2.54. The normalized spacial score (nSPS) is 45.9. The molecule has 4 rings (SSSR count). The van der Waals surface area contributed by atoms with Crippen molar-refractivity contribution in [2.45, 2.75) is 30.8 Å². The second-order valence-electron chi connectivity index (χ2n) is 5.24. The van der Waals surface area contributed by atoms with E-state index in [1.165, 1.54) is 32.2 Å². The standard InChI is InChI=1S/C11H16N4O/c1-4-15-9(10-14-13-7-16-10)5-8(1)11(15)2-3-12-6-11/h7-9,12H,1-6H2. The molecule has 3 saturated heterocycles. The zero-order valence-corrected chi connectivity index (χ0v) is 9.22. The Kier molecular flexibility index (Phi) is 1.74. The largest absolute Gasteiger partial charge is 0.426 e. The van der Waals surface area contributed by atoms with Crippen LogP contribution in [0.4, 0.5) is 0 Å². The Hall–Kier alpha value is -0.940. The van der Waals surface area contributed by atoms with E-state index in [-0.39, 0.29) is 0 Å². The van der Waals surface area contributed by atoms with E-state index in [0.717, 1.165) is 24.9 Å². The monoisotopic (exact) mass is 220 g/mol. The highest BCUT2D eigenvalue weighted by atomic mass is 16.4. The van der Waals surface area contributed by atoms with Gasteiger partial charge in [0.05, 0.1) is 6.04 Å². The minimum Gasteiger partial charge on any atom is -0.426 e. The van der Waals surface area contributed by atoms with E-state index in [4.69, 9.17) is 4.42 Å². The Morgan fingerprint density at radius 3 is 3.31 bits per heavy atom. The fraction of sp³-hybridized carbons (Fsp3) is 0.818. The summed E-state index contributed by atoms with van der Waals surface area (Å²) in [6, 6.07) is 0.376. The van der Waals surface area contributed by atoms with Gasteiger partial charge in [0.25, 0.3) is 0 Å². The first-order valence-corrected chi connectivity index (χ1v) is 6.14. The molecule has 3 aliphatic rings. The molecule has 0 radical (unpaired) electrons. The van der Waals surface area contributed by atoms with Crippen molar-refractivity contribution in [3.05, 3.63) is 12.3 Å². The third-order valence-electron chi connectivity index (χ3n) is 4.76. The lowest BCUT2D eigenvalue weighted by molar-refractivity contribution is 0.130. The van der Waals surface area contributed by atoms with Gasteiger partial charge in [-0.3, -0.25) is 4.90 Å². The van der Waals surface area contributed by atoms with Gasteiger partial charge in [-0.2, -0.15) is 0 Å². The summed E-state index contributed by atoms with van der Waals surface area (Å²) in [5, 5.41) is 11.4. The van der Waals surface area contributed by atoms with E-state index in [0.29, 0.717) is 11.6 Å². The highest BCUT2D eigenvalue weighted by molar-refractivity contribution is 5.16. The van der Waals surface area contributed by atoms with Gasteiger partial charge in [0.1, 0.15) is 0 Å². The van der Waals surface area contributed by atoms with Gasteiger partial charge in [-0.05, 0) is 38.3 Å². The topological polar surface area (TPSA) is 54.2 Å². The summed E-state index contributed by atoms with van der Waals surface area (Å²) in [5.74, 6) is 1.63. The zero-order chi connectivity index (χ0) is 10.6. The van der Waals surface area contributed by atoms with Crippen LogP contribution >= 0.6 is 0 Å². The van der Waals surface area contributed by atoms with Gasteiger partial charge in [0.15, 0.2) is 0 Å². The van der Waals surface area contributed by atoms with E-state index in [1.54, 1.807) is 0 Å². The molecule has 2 bridgehead atoms. The number of hydrogen-bond acceptors (Lipinski definition) is 5. The number of nitrogens with one attached hydrogen (secondary N) is 1. The summed E-state index contributed by atoms with van der Waals surface area (Å²) in [7, 11) is 0. The van der Waals surface area contributed by atoms with Gasteiger partial charge < -0.3 is 9.73 Å². The summed E-state index contributed by atoms with van der Waals surface area (Å²) in [6.07, 6.45) is 5.26. The van der Waals surface area contributed by atoms with Crippen LogP contribution in [0.1, 0.15) is 31.2 Å². The van der Waals surface area contributed by atoms with Gasteiger partial charge in [-0.1, -0.05) is 0 Å². The second kappa shape index (κ2) is 3.05. The van der Waals surface area contributed by atoms with Crippen LogP contribution in [0.3, 0.4) is 0 Å². The summed E-state index contributed by atoms with van der Waals surface area (Å²) >= 11 is 0. The molecule has 0 amide bonds. The summed E-state index contributed by atoms with van der Waals surface area (Å²) in [6.45, 7) is 3.49. The maximum absolute atomic E-state index is 5.39. The maximum atomic E-state index is 5.39. The number of rotatable bonds is 1. The Morgan fingerprint density at radius 1 is 1.56 bits per heavy atom. The molecule has 1 N–H and O–H groups in total. The van der Waals surface area contributed by atoms with E-state index < -0.39 is 0 Å². The Morgan fingerprint density at radius 2 is 2.56 bits per heavy atom. The molecular weight excluding hydrogens is 204 g/mol. The van der Waals surface area contributed by atoms with Crippen LogP contribution in [0.15, 0.2) is 10.8 Å². The van der Waals surface area contributed by atoms with Crippen molar-refractivity contribution < 1.29 is 4.42 Å². The molecule has 4 heterocycles. The average Bonchev–Trinajstić information content (AvgIpc) is 3.08. The van der Waals surface area contributed by atoms with E-state index in [9.17, 15) is 0 Å². The molecule has 5 heteroatoms. The smallest absolute Gasteiger partial charge is 0.233 e. The van der Waals surface area contributed by atoms with Crippen molar-refractivity contribution in [2.75, 3.05) is 19.6 Å². The third kappa shape index (κ3) is 0.978. The SMILES string of the molecule is c1nnc(C2CC3CCN2C32CCNC2)o1. The van der Waals surface area contributed by atoms with E-state index in [1.807, 2.05) is 0 Å². The molecule has 0 saturated carbocycles. The molecule has 5 nitrogen and oxygen atoms in total. The van der Waals surface area contributed by atoms with E-state index >= 15 is 0 Å². The van der Waals surface area contributed by atoms with Crippen LogP contribution in [0.2, 0.25) is 0 Å². The summed E-state index contributed by atoms with van der Waals surface area (Å²) in [5.41, 5.74) is 0.402. The fourth-order valence-corrected chi connectivity index (χ4v) is 4.07. The van der Waals surface area contributed by atoms with Crippen molar-refractivity contribution >= 4 is 0 Å². The molecule has 16 heavy (non-hydrogen) atoms. The van der Waals surface area contributed by atoms with Crippen LogP contribution < -0.4 is 5.32 Å². The van der Waals surface area contributed by atoms with Gasteiger partial charge >= 0.3 is 0 Å². The van der Waals surface area contributed by atoms with Crippen LogP contribution in [0, 0.1) is 5.92 Å². The van der Waals surface area contributed by atoms with Crippen molar-refractivity contribution in [1.82, 2.24) is 20.4 Å². The molecule has 0 aliphatic carbocycles. The first-order chi connectivity index (χ1) is 7.90. The Labute approximate surface area is 94.2 Å². The number of aromatic nitrogens is 2. The molecule has 86 valence electrons. The molecule has 0 aromatic carbocycles. The minimum atomic E-state index is 0.376. The molecule has 3 aliphatic heterocycles. The van der Waals surface area contributed by atoms with Gasteiger partial charge in [-0.25, -0.2) is 0 Å². The van der Waals surface area contributed by atoms with Crippen molar-refractivity contribution in [3.63, 3.8) is 0 Å². The lowest BCUT2D eigenvalue weighted by atomic mass is 9.85. The first-order valence-electron chi connectivity index (χ1n) is 6.14. The van der Waals surface area contributed by atoms with Gasteiger partial charge in [0, 0.05) is 12.1 Å². The molecular formula is C11H16N4O. The lowest BCUT2D eigenvalue weighted by Gasteiger charge is -2.32. The lowest BCUT2D eigenvalue weighted by Crippen LogP contribution is -2.44. The first kappa shape index (κ1) is 9.13. The zero-order valence-electron chi connectivity index (χ0n) is 9.22. The van der Waals surface area contributed by atoms with Crippen LogP contribution in [0.5, 0.6) is 0 Å². The van der Waals surface area contributed by atoms with Crippen LogP contribution in [-0.2, 0) is 0 Å². The fourth-order valence-electron chi connectivity index (χ4n) is 4.07. The van der Waals surface area contributed by atoms with Gasteiger partial charge in [0.2, 0.25) is 12.3 Å². The predicted molar refractivity (Wildman–Crippen MR) is 56.7 cm³/mol. The molecule has 1 spiro atoms. The average molecular weight is 220 g/mol.